The Balaban J connectivity index is 1.69. The van der Waals surface area contributed by atoms with Crippen molar-refractivity contribution in [3.63, 3.8) is 0 Å². The van der Waals surface area contributed by atoms with Gasteiger partial charge in [-0.3, -0.25) is 0 Å². The fraction of sp³-hybridized carbons (Fsp3) is 0.412. The summed E-state index contributed by atoms with van der Waals surface area (Å²) in [5.41, 5.74) is 3.84. The minimum atomic E-state index is -0.505. The molecule has 114 valence electrons. The summed E-state index contributed by atoms with van der Waals surface area (Å²) in [6.45, 7) is 5.85. The molecule has 0 fully saturated rings. The van der Waals surface area contributed by atoms with E-state index in [4.69, 9.17) is 4.74 Å². The predicted molar refractivity (Wildman–Crippen MR) is 88.1 cm³/mol. The molecular formula is C17H23NO2S. The average molecular weight is 305 g/mol. The molecule has 0 aliphatic rings. The Morgan fingerprint density at radius 2 is 2.19 bits per heavy atom. The van der Waals surface area contributed by atoms with Crippen LogP contribution < -0.4 is 10.1 Å². The molecule has 2 N–H and O–H groups in total. The Morgan fingerprint density at radius 3 is 2.90 bits per heavy atom. The molecule has 0 spiro atoms. The van der Waals surface area contributed by atoms with Crippen molar-refractivity contribution in [1.29, 1.82) is 0 Å². The molecule has 0 saturated carbocycles. The molecule has 2 rings (SSSR count). The average Bonchev–Trinajstić information content (AvgIpc) is 2.91. The van der Waals surface area contributed by atoms with Crippen molar-refractivity contribution in [2.45, 2.75) is 32.9 Å². The summed E-state index contributed by atoms with van der Waals surface area (Å²) in [7, 11) is 0. The van der Waals surface area contributed by atoms with Crippen LogP contribution in [0, 0.1) is 6.92 Å². The highest BCUT2D eigenvalue weighted by atomic mass is 32.1. The third-order valence-corrected chi connectivity index (χ3v) is 4.32. The van der Waals surface area contributed by atoms with Crippen LogP contribution in [-0.4, -0.2) is 24.4 Å². The summed E-state index contributed by atoms with van der Waals surface area (Å²) >= 11 is 1.71. The van der Waals surface area contributed by atoms with Crippen LogP contribution in [0.3, 0.4) is 0 Å². The molecular weight excluding hydrogens is 282 g/mol. The van der Waals surface area contributed by atoms with Crippen molar-refractivity contribution >= 4 is 11.3 Å². The van der Waals surface area contributed by atoms with Crippen LogP contribution in [0.15, 0.2) is 35.0 Å². The Labute approximate surface area is 130 Å². The zero-order chi connectivity index (χ0) is 15.1. The molecule has 1 unspecified atom stereocenters. The van der Waals surface area contributed by atoms with Gasteiger partial charge < -0.3 is 15.2 Å². The van der Waals surface area contributed by atoms with Crippen molar-refractivity contribution in [1.82, 2.24) is 5.32 Å². The molecule has 0 radical (unpaired) electrons. The Bertz CT molecular complexity index is 553. The smallest absolute Gasteiger partial charge is 0.119 e. The summed E-state index contributed by atoms with van der Waals surface area (Å²) < 4.78 is 5.63. The summed E-state index contributed by atoms with van der Waals surface area (Å²) in [5, 5.41) is 17.5. The van der Waals surface area contributed by atoms with Crippen LogP contribution in [0.4, 0.5) is 0 Å². The SMILES string of the molecule is CCc1cccc(OCC(O)CNCc2cscc2C)c1. The topological polar surface area (TPSA) is 41.5 Å². The van der Waals surface area contributed by atoms with E-state index in [9.17, 15) is 5.11 Å². The first-order valence-corrected chi connectivity index (χ1v) is 8.25. The summed E-state index contributed by atoms with van der Waals surface area (Å²) in [5.74, 6) is 0.821. The van der Waals surface area contributed by atoms with E-state index in [2.05, 4.69) is 36.0 Å². The maximum absolute atomic E-state index is 9.95. The van der Waals surface area contributed by atoms with Crippen LogP contribution in [-0.2, 0) is 13.0 Å². The van der Waals surface area contributed by atoms with Crippen LogP contribution in [0.25, 0.3) is 0 Å². The van der Waals surface area contributed by atoms with E-state index < -0.39 is 6.10 Å². The molecule has 4 heteroatoms. The van der Waals surface area contributed by atoms with Crippen molar-refractivity contribution in [3.8, 4) is 5.75 Å². The molecule has 1 heterocycles. The molecule has 1 aromatic carbocycles. The second kappa shape index (κ2) is 8.17. The fourth-order valence-corrected chi connectivity index (χ4v) is 2.90. The number of ether oxygens (including phenoxy) is 1. The lowest BCUT2D eigenvalue weighted by atomic mass is 10.2. The monoisotopic (exact) mass is 305 g/mol. The van der Waals surface area contributed by atoms with Gasteiger partial charge in [0.25, 0.3) is 0 Å². The molecule has 1 atom stereocenters. The van der Waals surface area contributed by atoms with Gasteiger partial charge in [0.1, 0.15) is 18.5 Å². The highest BCUT2D eigenvalue weighted by molar-refractivity contribution is 7.08. The van der Waals surface area contributed by atoms with Crippen LogP contribution in [0.5, 0.6) is 5.75 Å². The van der Waals surface area contributed by atoms with E-state index in [1.54, 1.807) is 11.3 Å². The highest BCUT2D eigenvalue weighted by Gasteiger charge is 2.06. The lowest BCUT2D eigenvalue weighted by Gasteiger charge is -2.13. The van der Waals surface area contributed by atoms with Crippen molar-refractivity contribution in [2.75, 3.05) is 13.2 Å². The van der Waals surface area contributed by atoms with Crippen LogP contribution in [0.2, 0.25) is 0 Å². The first-order valence-electron chi connectivity index (χ1n) is 7.31. The summed E-state index contributed by atoms with van der Waals surface area (Å²) in [4.78, 5) is 0. The number of hydrogen-bond donors (Lipinski definition) is 2. The van der Waals surface area contributed by atoms with Gasteiger partial charge in [-0.15, -0.1) is 0 Å². The largest absolute Gasteiger partial charge is 0.491 e. The fourth-order valence-electron chi connectivity index (χ4n) is 2.05. The first-order chi connectivity index (χ1) is 10.2. The number of thiophene rings is 1. The first kappa shape index (κ1) is 16.0. The maximum Gasteiger partial charge on any atom is 0.119 e. The van der Waals surface area contributed by atoms with Crippen molar-refractivity contribution in [3.05, 3.63) is 51.7 Å². The number of aliphatic hydroxyl groups is 1. The van der Waals surface area contributed by atoms with Gasteiger partial charge in [-0.2, -0.15) is 11.3 Å². The van der Waals surface area contributed by atoms with E-state index in [1.807, 2.05) is 18.2 Å². The Morgan fingerprint density at radius 1 is 1.33 bits per heavy atom. The standard InChI is InChI=1S/C17H23NO2S/c1-3-14-5-4-6-17(7-14)20-10-16(19)9-18-8-15-12-21-11-13(15)2/h4-7,11-12,16,18-19H,3,8-10H2,1-2H3. The van der Waals surface area contributed by atoms with Gasteiger partial charge >= 0.3 is 0 Å². The second-order valence-corrected chi connectivity index (χ2v) is 5.92. The van der Waals surface area contributed by atoms with Crippen LogP contribution >= 0.6 is 11.3 Å². The Kier molecular flexibility index (Phi) is 6.23. The molecule has 0 amide bonds. The van der Waals surface area contributed by atoms with Gasteiger partial charge in [0, 0.05) is 13.1 Å². The molecule has 0 aliphatic carbocycles. The number of nitrogens with one attached hydrogen (secondary N) is 1. The minimum Gasteiger partial charge on any atom is -0.491 e. The van der Waals surface area contributed by atoms with Crippen molar-refractivity contribution in [2.24, 2.45) is 0 Å². The van der Waals surface area contributed by atoms with E-state index >= 15 is 0 Å². The van der Waals surface area contributed by atoms with E-state index in [0.29, 0.717) is 13.2 Å². The normalized spacial score (nSPS) is 12.3. The van der Waals surface area contributed by atoms with Crippen LogP contribution in [0.1, 0.15) is 23.6 Å². The maximum atomic E-state index is 9.95. The zero-order valence-electron chi connectivity index (χ0n) is 12.6. The predicted octanol–water partition coefficient (Wildman–Crippen LogP) is 3.15. The van der Waals surface area contributed by atoms with Gasteiger partial charge in [0.2, 0.25) is 0 Å². The molecule has 21 heavy (non-hydrogen) atoms. The quantitative estimate of drug-likeness (QED) is 0.787. The lowest BCUT2D eigenvalue weighted by molar-refractivity contribution is 0.106. The zero-order valence-corrected chi connectivity index (χ0v) is 13.5. The third kappa shape index (κ3) is 5.16. The van der Waals surface area contributed by atoms with Crippen molar-refractivity contribution < 1.29 is 9.84 Å². The molecule has 2 aromatic rings. The lowest BCUT2D eigenvalue weighted by Crippen LogP contribution is -2.31. The highest BCUT2D eigenvalue weighted by Crippen LogP contribution is 2.14. The van der Waals surface area contributed by atoms with Gasteiger partial charge in [-0.1, -0.05) is 19.1 Å². The third-order valence-electron chi connectivity index (χ3n) is 3.41. The number of rotatable bonds is 8. The van der Waals surface area contributed by atoms with Gasteiger partial charge in [0.15, 0.2) is 0 Å². The molecule has 0 aliphatic heterocycles. The van der Waals surface area contributed by atoms with Gasteiger partial charge in [-0.05, 0) is 52.9 Å². The number of aryl methyl sites for hydroxylation is 2. The molecule has 0 saturated heterocycles. The van der Waals surface area contributed by atoms with E-state index in [1.165, 1.54) is 16.7 Å². The molecule has 1 aromatic heterocycles. The minimum absolute atomic E-state index is 0.308. The summed E-state index contributed by atoms with van der Waals surface area (Å²) in [6, 6.07) is 8.01. The van der Waals surface area contributed by atoms with Gasteiger partial charge in [-0.25, -0.2) is 0 Å². The van der Waals surface area contributed by atoms with E-state index in [0.717, 1.165) is 18.7 Å². The molecule has 3 nitrogen and oxygen atoms in total. The van der Waals surface area contributed by atoms with Gasteiger partial charge in [0.05, 0.1) is 0 Å². The number of benzene rings is 1. The number of aliphatic hydroxyl groups excluding tert-OH is 1. The second-order valence-electron chi connectivity index (χ2n) is 5.18. The van der Waals surface area contributed by atoms with E-state index in [-0.39, 0.29) is 0 Å². The Hall–Kier alpha value is -1.36. The number of hydrogen-bond acceptors (Lipinski definition) is 4. The summed E-state index contributed by atoms with van der Waals surface area (Å²) in [6.07, 6.45) is 0.482. The molecule has 0 bridgehead atoms.